The first-order valence-electron chi connectivity index (χ1n) is 10.3. The van der Waals surface area contributed by atoms with Crippen LogP contribution in [0.25, 0.3) is 11.5 Å². The molecule has 0 unspecified atom stereocenters. The molecule has 0 spiro atoms. The van der Waals surface area contributed by atoms with Gasteiger partial charge in [0.15, 0.2) is 0 Å². The van der Waals surface area contributed by atoms with Crippen LogP contribution in [-0.4, -0.2) is 52.9 Å². The van der Waals surface area contributed by atoms with Gasteiger partial charge in [-0.3, -0.25) is 4.79 Å². The van der Waals surface area contributed by atoms with Gasteiger partial charge >= 0.3 is 0 Å². The summed E-state index contributed by atoms with van der Waals surface area (Å²) in [6.07, 6.45) is 0. The summed E-state index contributed by atoms with van der Waals surface area (Å²) in [5.41, 5.74) is 3.24. The molecule has 1 aliphatic heterocycles. The van der Waals surface area contributed by atoms with Crippen molar-refractivity contribution in [2.45, 2.75) is 25.0 Å². The van der Waals surface area contributed by atoms with Crippen molar-refractivity contribution in [1.82, 2.24) is 15.1 Å². The van der Waals surface area contributed by atoms with E-state index in [0.717, 1.165) is 29.4 Å². The maximum atomic E-state index is 12.6. The Hall–Kier alpha value is -2.51. The maximum Gasteiger partial charge on any atom is 0.277 e. The Balaban J connectivity index is 1.28. The SMILES string of the molecule is CC(C)c1ccc(-c2nnc(SCC(=O)N3CCN(c4cccc(Cl)c4)CC3)o2)cc1. The summed E-state index contributed by atoms with van der Waals surface area (Å²) in [7, 11) is 0. The smallest absolute Gasteiger partial charge is 0.277 e. The van der Waals surface area contributed by atoms with Crippen LogP contribution >= 0.6 is 23.4 Å². The van der Waals surface area contributed by atoms with Gasteiger partial charge in [0.25, 0.3) is 5.22 Å². The van der Waals surface area contributed by atoms with Gasteiger partial charge in [0.05, 0.1) is 5.75 Å². The van der Waals surface area contributed by atoms with Gasteiger partial charge in [0.2, 0.25) is 11.8 Å². The van der Waals surface area contributed by atoms with Crippen LogP contribution in [-0.2, 0) is 4.79 Å². The highest BCUT2D eigenvalue weighted by Crippen LogP contribution is 2.26. The van der Waals surface area contributed by atoms with E-state index in [4.69, 9.17) is 16.0 Å². The van der Waals surface area contributed by atoms with E-state index in [2.05, 4.69) is 41.1 Å². The third kappa shape index (κ3) is 5.40. The Morgan fingerprint density at radius 1 is 1.10 bits per heavy atom. The molecule has 4 rings (SSSR count). The molecule has 1 saturated heterocycles. The molecule has 1 amide bonds. The highest BCUT2D eigenvalue weighted by molar-refractivity contribution is 7.99. The van der Waals surface area contributed by atoms with Crippen LogP contribution < -0.4 is 4.90 Å². The second kappa shape index (κ2) is 9.75. The molecule has 2 heterocycles. The second-order valence-corrected chi connectivity index (χ2v) is 9.15. The number of aromatic nitrogens is 2. The molecule has 0 saturated carbocycles. The number of hydrogen-bond donors (Lipinski definition) is 0. The first kappa shape index (κ1) is 21.7. The third-order valence-corrected chi connectivity index (χ3v) is 6.39. The van der Waals surface area contributed by atoms with Crippen molar-refractivity contribution in [3.05, 3.63) is 59.1 Å². The van der Waals surface area contributed by atoms with Gasteiger partial charge in [-0.2, -0.15) is 0 Å². The predicted molar refractivity (Wildman–Crippen MR) is 125 cm³/mol. The molecule has 3 aromatic rings. The molecule has 0 aliphatic carbocycles. The number of anilines is 1. The van der Waals surface area contributed by atoms with Crippen molar-refractivity contribution >= 4 is 35.0 Å². The molecule has 0 N–H and O–H groups in total. The van der Waals surface area contributed by atoms with Crippen LogP contribution in [0.15, 0.2) is 58.2 Å². The van der Waals surface area contributed by atoms with Gasteiger partial charge in [0, 0.05) is 42.5 Å². The minimum Gasteiger partial charge on any atom is -0.411 e. The largest absolute Gasteiger partial charge is 0.411 e. The first-order valence-corrected chi connectivity index (χ1v) is 11.7. The normalized spacial score (nSPS) is 14.3. The molecule has 31 heavy (non-hydrogen) atoms. The Morgan fingerprint density at radius 2 is 1.84 bits per heavy atom. The van der Waals surface area contributed by atoms with Gasteiger partial charge in [-0.1, -0.05) is 55.4 Å². The zero-order chi connectivity index (χ0) is 21.8. The Morgan fingerprint density at radius 3 is 2.52 bits per heavy atom. The summed E-state index contributed by atoms with van der Waals surface area (Å²) in [5, 5.41) is 9.34. The zero-order valence-corrected chi connectivity index (χ0v) is 19.2. The molecule has 0 radical (unpaired) electrons. The van der Waals surface area contributed by atoms with Crippen molar-refractivity contribution in [2.75, 3.05) is 36.8 Å². The van der Waals surface area contributed by atoms with E-state index in [-0.39, 0.29) is 11.7 Å². The number of amides is 1. The van der Waals surface area contributed by atoms with Gasteiger partial charge in [-0.05, 0) is 41.8 Å². The number of carbonyl (C=O) groups excluding carboxylic acids is 1. The fourth-order valence-electron chi connectivity index (χ4n) is 3.50. The van der Waals surface area contributed by atoms with E-state index in [1.807, 2.05) is 41.3 Å². The lowest BCUT2D eigenvalue weighted by molar-refractivity contribution is -0.128. The van der Waals surface area contributed by atoms with E-state index in [1.54, 1.807) is 0 Å². The van der Waals surface area contributed by atoms with Crippen molar-refractivity contribution in [1.29, 1.82) is 0 Å². The van der Waals surface area contributed by atoms with Gasteiger partial charge in [-0.15, -0.1) is 10.2 Å². The molecule has 8 heteroatoms. The first-order chi connectivity index (χ1) is 15.0. The van der Waals surface area contributed by atoms with E-state index >= 15 is 0 Å². The molecule has 6 nitrogen and oxygen atoms in total. The zero-order valence-electron chi connectivity index (χ0n) is 17.6. The summed E-state index contributed by atoms with van der Waals surface area (Å²) in [4.78, 5) is 16.8. The fourth-order valence-corrected chi connectivity index (χ4v) is 4.35. The molecule has 1 aromatic heterocycles. The summed E-state index contributed by atoms with van der Waals surface area (Å²) in [6.45, 7) is 7.25. The second-order valence-electron chi connectivity index (χ2n) is 7.79. The molecule has 0 atom stereocenters. The average molecular weight is 457 g/mol. The van der Waals surface area contributed by atoms with Crippen LogP contribution in [0.2, 0.25) is 5.02 Å². The van der Waals surface area contributed by atoms with Gasteiger partial charge < -0.3 is 14.2 Å². The fraction of sp³-hybridized carbons (Fsp3) is 0.348. The standard InChI is InChI=1S/C23H25ClN4O2S/c1-16(2)17-6-8-18(9-7-17)22-25-26-23(30-22)31-15-21(29)28-12-10-27(11-13-28)20-5-3-4-19(24)14-20/h3-9,14,16H,10-13,15H2,1-2H3. The summed E-state index contributed by atoms with van der Waals surface area (Å²) >= 11 is 7.37. The van der Waals surface area contributed by atoms with Crippen LogP contribution in [0.1, 0.15) is 25.3 Å². The number of piperazine rings is 1. The van der Waals surface area contributed by atoms with Gasteiger partial charge in [-0.25, -0.2) is 0 Å². The number of rotatable bonds is 6. The van der Waals surface area contributed by atoms with Crippen LogP contribution in [0.4, 0.5) is 5.69 Å². The predicted octanol–water partition coefficient (Wildman–Crippen LogP) is 4.95. The summed E-state index contributed by atoms with van der Waals surface area (Å²) < 4.78 is 5.74. The molecular formula is C23H25ClN4O2S. The minimum atomic E-state index is 0.0804. The minimum absolute atomic E-state index is 0.0804. The number of halogens is 1. The van der Waals surface area contributed by atoms with Crippen molar-refractivity contribution in [3.8, 4) is 11.5 Å². The third-order valence-electron chi connectivity index (χ3n) is 5.36. The number of benzene rings is 2. The number of carbonyl (C=O) groups is 1. The summed E-state index contributed by atoms with van der Waals surface area (Å²) in [5.74, 6) is 1.31. The maximum absolute atomic E-state index is 12.6. The van der Waals surface area contributed by atoms with Crippen molar-refractivity contribution in [2.24, 2.45) is 0 Å². The topological polar surface area (TPSA) is 62.5 Å². The van der Waals surface area contributed by atoms with E-state index < -0.39 is 0 Å². The molecule has 1 aliphatic rings. The van der Waals surface area contributed by atoms with E-state index in [9.17, 15) is 4.79 Å². The molecule has 162 valence electrons. The Kier molecular flexibility index (Phi) is 6.83. The highest BCUT2D eigenvalue weighted by atomic mass is 35.5. The number of thioether (sulfide) groups is 1. The lowest BCUT2D eigenvalue weighted by Crippen LogP contribution is -2.49. The van der Waals surface area contributed by atoms with Crippen LogP contribution in [0.5, 0.6) is 0 Å². The monoisotopic (exact) mass is 456 g/mol. The quantitative estimate of drug-likeness (QED) is 0.489. The van der Waals surface area contributed by atoms with Crippen molar-refractivity contribution in [3.63, 3.8) is 0 Å². The molecule has 1 fully saturated rings. The van der Waals surface area contributed by atoms with Gasteiger partial charge in [0.1, 0.15) is 0 Å². The lowest BCUT2D eigenvalue weighted by Gasteiger charge is -2.36. The molecule has 2 aromatic carbocycles. The number of hydrogen-bond acceptors (Lipinski definition) is 6. The molecular weight excluding hydrogens is 432 g/mol. The average Bonchev–Trinajstić information content (AvgIpc) is 3.27. The van der Waals surface area contributed by atoms with E-state index in [0.29, 0.717) is 30.1 Å². The van der Waals surface area contributed by atoms with Crippen LogP contribution in [0.3, 0.4) is 0 Å². The lowest BCUT2D eigenvalue weighted by atomic mass is 10.0. The number of nitrogens with zero attached hydrogens (tertiary/aromatic N) is 4. The van der Waals surface area contributed by atoms with Crippen molar-refractivity contribution < 1.29 is 9.21 Å². The summed E-state index contributed by atoms with van der Waals surface area (Å²) in [6, 6.07) is 15.9. The molecule has 0 bridgehead atoms. The Labute approximate surface area is 191 Å². The highest BCUT2D eigenvalue weighted by Gasteiger charge is 2.22. The Bertz CT molecular complexity index is 1030. The van der Waals surface area contributed by atoms with E-state index in [1.165, 1.54) is 17.3 Å². The van der Waals surface area contributed by atoms with Crippen LogP contribution in [0, 0.1) is 0 Å².